The van der Waals surface area contributed by atoms with Gasteiger partial charge in [0, 0.05) is 18.6 Å². The summed E-state index contributed by atoms with van der Waals surface area (Å²) < 4.78 is 5.65. The summed E-state index contributed by atoms with van der Waals surface area (Å²) in [6.45, 7) is 7.64. The van der Waals surface area contributed by atoms with Crippen molar-refractivity contribution in [3.8, 4) is 5.75 Å². The number of benzene rings is 1. The van der Waals surface area contributed by atoms with E-state index in [4.69, 9.17) is 22.1 Å². The first-order valence-electron chi connectivity index (χ1n) is 8.42. The van der Waals surface area contributed by atoms with Crippen LogP contribution < -0.4 is 10.5 Å². The normalized spacial score (nSPS) is 22.4. The molecule has 1 amide bonds. The Kier molecular flexibility index (Phi) is 6.49. The zero-order chi connectivity index (χ0) is 17.7. The quantitative estimate of drug-likeness (QED) is 0.816. The molecular weight excluding hydrogens is 326 g/mol. The molecule has 1 saturated heterocycles. The van der Waals surface area contributed by atoms with Crippen LogP contribution in [0.3, 0.4) is 0 Å². The Hall–Kier alpha value is -1.30. The van der Waals surface area contributed by atoms with Crippen molar-refractivity contribution in [1.29, 1.82) is 0 Å². The van der Waals surface area contributed by atoms with Gasteiger partial charge in [0.25, 0.3) is 0 Å². The van der Waals surface area contributed by atoms with Crippen LogP contribution in [0.15, 0.2) is 24.3 Å². The number of carbonyl (C=O) groups is 1. The monoisotopic (exact) mass is 353 g/mol. The molecule has 134 valence electrons. The van der Waals surface area contributed by atoms with Gasteiger partial charge in [0.2, 0.25) is 5.91 Å². The second-order valence-electron chi connectivity index (χ2n) is 6.97. The summed E-state index contributed by atoms with van der Waals surface area (Å²) in [5, 5.41) is 0.679. The van der Waals surface area contributed by atoms with Crippen molar-refractivity contribution >= 4 is 17.5 Å². The lowest BCUT2D eigenvalue weighted by Crippen LogP contribution is -2.46. The van der Waals surface area contributed by atoms with E-state index in [0.717, 1.165) is 25.3 Å². The molecule has 1 aliphatic rings. The number of carbonyl (C=O) groups excluding carboxylic acids is 1. The molecule has 2 unspecified atom stereocenters. The van der Waals surface area contributed by atoms with Gasteiger partial charge < -0.3 is 15.4 Å². The molecule has 0 saturated carbocycles. The molecule has 1 fully saturated rings. The fraction of sp³-hybridized carbons (Fsp3) is 0.611. The number of rotatable bonds is 7. The van der Waals surface area contributed by atoms with E-state index in [9.17, 15) is 4.79 Å². The molecule has 0 radical (unpaired) electrons. The number of amides is 1. The van der Waals surface area contributed by atoms with Crippen LogP contribution in [0.1, 0.15) is 20.3 Å². The standard InChI is InChI=1S/C18H28ClN3O2/c1-14(22-9-8-18(2,12-20)13-22)17(23)21(3)10-11-24-16-6-4-15(19)5-7-16/h4-7,14H,8-13,20H2,1-3H3. The van der Waals surface area contributed by atoms with E-state index < -0.39 is 0 Å². The molecule has 1 aromatic carbocycles. The van der Waals surface area contributed by atoms with Gasteiger partial charge in [-0.3, -0.25) is 9.69 Å². The van der Waals surface area contributed by atoms with Crippen LogP contribution in [0.2, 0.25) is 5.02 Å². The fourth-order valence-electron chi connectivity index (χ4n) is 2.98. The molecule has 2 rings (SSSR count). The maximum absolute atomic E-state index is 12.6. The van der Waals surface area contributed by atoms with Crippen LogP contribution >= 0.6 is 11.6 Å². The van der Waals surface area contributed by atoms with Gasteiger partial charge in [-0.05, 0) is 56.1 Å². The van der Waals surface area contributed by atoms with Crippen molar-refractivity contribution in [2.75, 3.05) is 39.8 Å². The van der Waals surface area contributed by atoms with Crippen molar-refractivity contribution in [3.05, 3.63) is 29.3 Å². The van der Waals surface area contributed by atoms with Gasteiger partial charge in [0.15, 0.2) is 0 Å². The molecular formula is C18H28ClN3O2. The molecule has 1 aromatic rings. The van der Waals surface area contributed by atoms with E-state index in [2.05, 4.69) is 11.8 Å². The number of ether oxygens (including phenoxy) is 1. The van der Waals surface area contributed by atoms with E-state index in [0.29, 0.717) is 24.7 Å². The third-order valence-corrected chi connectivity index (χ3v) is 5.12. The summed E-state index contributed by atoms with van der Waals surface area (Å²) in [6.07, 6.45) is 1.05. The number of likely N-dealkylation sites (tertiary alicyclic amines) is 1. The van der Waals surface area contributed by atoms with Gasteiger partial charge in [0.05, 0.1) is 12.6 Å². The summed E-state index contributed by atoms with van der Waals surface area (Å²) in [4.78, 5) is 16.6. The van der Waals surface area contributed by atoms with Gasteiger partial charge in [-0.15, -0.1) is 0 Å². The van der Waals surface area contributed by atoms with E-state index in [1.54, 1.807) is 17.0 Å². The van der Waals surface area contributed by atoms with Crippen molar-refractivity contribution < 1.29 is 9.53 Å². The summed E-state index contributed by atoms with van der Waals surface area (Å²) in [5.41, 5.74) is 5.98. The highest BCUT2D eigenvalue weighted by Gasteiger charge is 2.37. The first kappa shape index (κ1) is 19.0. The average molecular weight is 354 g/mol. The van der Waals surface area contributed by atoms with Crippen molar-refractivity contribution in [2.24, 2.45) is 11.1 Å². The largest absolute Gasteiger partial charge is 0.492 e. The lowest BCUT2D eigenvalue weighted by atomic mass is 9.90. The predicted octanol–water partition coefficient (Wildman–Crippen LogP) is 2.24. The highest BCUT2D eigenvalue weighted by molar-refractivity contribution is 6.30. The Bertz CT molecular complexity index is 552. The SMILES string of the molecule is CC(C(=O)N(C)CCOc1ccc(Cl)cc1)N1CCC(C)(CN)C1. The molecule has 2 atom stereocenters. The minimum Gasteiger partial charge on any atom is -0.492 e. The van der Waals surface area contributed by atoms with Crippen molar-refractivity contribution in [1.82, 2.24) is 9.80 Å². The van der Waals surface area contributed by atoms with Crippen molar-refractivity contribution in [3.63, 3.8) is 0 Å². The van der Waals surface area contributed by atoms with Crippen molar-refractivity contribution in [2.45, 2.75) is 26.3 Å². The van der Waals surface area contributed by atoms with Gasteiger partial charge in [0.1, 0.15) is 12.4 Å². The Morgan fingerprint density at radius 2 is 2.12 bits per heavy atom. The van der Waals surface area contributed by atoms with Gasteiger partial charge in [-0.1, -0.05) is 18.5 Å². The fourth-order valence-corrected chi connectivity index (χ4v) is 3.10. The number of nitrogens with two attached hydrogens (primary N) is 1. The average Bonchev–Trinajstić information content (AvgIpc) is 2.98. The topological polar surface area (TPSA) is 58.8 Å². The predicted molar refractivity (Wildman–Crippen MR) is 97.4 cm³/mol. The third kappa shape index (κ3) is 4.85. The molecule has 1 aliphatic heterocycles. The lowest BCUT2D eigenvalue weighted by Gasteiger charge is -2.29. The molecule has 6 heteroatoms. The first-order chi connectivity index (χ1) is 11.3. The lowest BCUT2D eigenvalue weighted by molar-refractivity contribution is -0.135. The Morgan fingerprint density at radius 1 is 1.46 bits per heavy atom. The van der Waals surface area contributed by atoms with E-state index in [1.807, 2.05) is 26.1 Å². The molecule has 0 aromatic heterocycles. The number of halogens is 1. The zero-order valence-electron chi connectivity index (χ0n) is 14.8. The summed E-state index contributed by atoms with van der Waals surface area (Å²) >= 11 is 5.84. The molecule has 0 aliphatic carbocycles. The second-order valence-corrected chi connectivity index (χ2v) is 7.41. The van der Waals surface area contributed by atoms with Crippen LogP contribution in [0, 0.1) is 5.41 Å². The number of hydrogen-bond acceptors (Lipinski definition) is 4. The maximum atomic E-state index is 12.6. The molecule has 0 bridgehead atoms. The number of hydrogen-bond donors (Lipinski definition) is 1. The smallest absolute Gasteiger partial charge is 0.239 e. The molecule has 1 heterocycles. The Balaban J connectivity index is 1.78. The van der Waals surface area contributed by atoms with Crippen LogP contribution in [-0.2, 0) is 4.79 Å². The van der Waals surface area contributed by atoms with Crippen LogP contribution in [0.5, 0.6) is 5.75 Å². The van der Waals surface area contributed by atoms with Crippen LogP contribution in [0.4, 0.5) is 0 Å². The highest BCUT2D eigenvalue weighted by Crippen LogP contribution is 2.30. The maximum Gasteiger partial charge on any atom is 0.239 e. The van der Waals surface area contributed by atoms with Crippen LogP contribution in [-0.4, -0.2) is 61.6 Å². The van der Waals surface area contributed by atoms with E-state index >= 15 is 0 Å². The summed E-state index contributed by atoms with van der Waals surface area (Å²) in [6, 6.07) is 7.10. The Morgan fingerprint density at radius 3 is 2.71 bits per heavy atom. The van der Waals surface area contributed by atoms with Gasteiger partial charge in [-0.25, -0.2) is 0 Å². The number of nitrogens with zero attached hydrogens (tertiary/aromatic N) is 2. The molecule has 0 spiro atoms. The minimum absolute atomic E-state index is 0.121. The Labute approximate surface area is 149 Å². The zero-order valence-corrected chi connectivity index (χ0v) is 15.6. The third-order valence-electron chi connectivity index (χ3n) is 4.87. The van der Waals surface area contributed by atoms with Crippen LogP contribution in [0.25, 0.3) is 0 Å². The van der Waals surface area contributed by atoms with E-state index in [1.165, 1.54) is 0 Å². The number of likely N-dealkylation sites (N-methyl/N-ethyl adjacent to an activating group) is 1. The van der Waals surface area contributed by atoms with Gasteiger partial charge in [-0.2, -0.15) is 0 Å². The summed E-state index contributed by atoms with van der Waals surface area (Å²) in [5.74, 6) is 0.877. The minimum atomic E-state index is -0.126. The van der Waals surface area contributed by atoms with Gasteiger partial charge >= 0.3 is 0 Å². The highest BCUT2D eigenvalue weighted by atomic mass is 35.5. The van der Waals surface area contributed by atoms with E-state index in [-0.39, 0.29) is 17.4 Å². The summed E-state index contributed by atoms with van der Waals surface area (Å²) in [7, 11) is 1.82. The molecule has 24 heavy (non-hydrogen) atoms. The first-order valence-corrected chi connectivity index (χ1v) is 8.80. The second kappa shape index (κ2) is 8.19. The molecule has 5 nitrogen and oxygen atoms in total. The molecule has 2 N–H and O–H groups in total.